The Morgan fingerprint density at radius 3 is 2.82 bits per heavy atom. The van der Waals surface area contributed by atoms with E-state index in [0.717, 1.165) is 5.69 Å². The molecule has 1 amide bonds. The molecule has 0 aromatic carbocycles. The highest BCUT2D eigenvalue weighted by atomic mass is 16.5. The van der Waals surface area contributed by atoms with Gasteiger partial charge in [-0.25, -0.2) is 9.78 Å². The van der Waals surface area contributed by atoms with Gasteiger partial charge in [0.2, 0.25) is 0 Å². The standard InChI is InChI=1S/C11H15N3O3/c1-7(2)11(16)17-5-4-12-10(15)9-13-6-8(3)14-9/h6H,1,4-5H2,2-3H3,(H,12,15)(H,13,14). The Bertz CT molecular complexity index is 437. The van der Waals surface area contributed by atoms with E-state index in [2.05, 4.69) is 21.9 Å². The first-order valence-electron chi connectivity index (χ1n) is 5.13. The third kappa shape index (κ3) is 4.10. The lowest BCUT2D eigenvalue weighted by atomic mass is 10.4. The van der Waals surface area contributed by atoms with Crippen LogP contribution in [-0.4, -0.2) is 35.0 Å². The lowest BCUT2D eigenvalue weighted by Crippen LogP contribution is -2.28. The molecule has 92 valence electrons. The van der Waals surface area contributed by atoms with E-state index in [1.54, 1.807) is 20.0 Å². The van der Waals surface area contributed by atoms with Gasteiger partial charge in [-0.05, 0) is 13.8 Å². The zero-order valence-corrected chi connectivity index (χ0v) is 9.87. The molecule has 6 nitrogen and oxygen atoms in total. The molecule has 1 heterocycles. The third-order valence-corrected chi connectivity index (χ3v) is 1.89. The SMILES string of the molecule is C=C(C)C(=O)OCCNC(=O)c1nc(C)c[nH]1. The quantitative estimate of drug-likeness (QED) is 0.445. The number of amides is 1. The number of esters is 1. The van der Waals surface area contributed by atoms with Gasteiger partial charge in [0, 0.05) is 11.8 Å². The maximum Gasteiger partial charge on any atom is 0.333 e. The van der Waals surface area contributed by atoms with Crippen LogP contribution in [0.3, 0.4) is 0 Å². The summed E-state index contributed by atoms with van der Waals surface area (Å²) in [5, 5.41) is 2.57. The van der Waals surface area contributed by atoms with Crippen molar-refractivity contribution in [3.05, 3.63) is 29.9 Å². The minimum absolute atomic E-state index is 0.108. The molecule has 6 heteroatoms. The van der Waals surface area contributed by atoms with Crippen molar-refractivity contribution in [2.45, 2.75) is 13.8 Å². The molecule has 0 saturated heterocycles. The summed E-state index contributed by atoms with van der Waals surface area (Å²) in [6, 6.07) is 0. The lowest BCUT2D eigenvalue weighted by Gasteiger charge is -2.05. The number of hydrogen-bond acceptors (Lipinski definition) is 4. The van der Waals surface area contributed by atoms with Crippen molar-refractivity contribution < 1.29 is 14.3 Å². The average molecular weight is 237 g/mol. The first-order valence-corrected chi connectivity index (χ1v) is 5.13. The highest BCUT2D eigenvalue weighted by Gasteiger charge is 2.08. The number of ether oxygens (including phenoxy) is 1. The first-order chi connectivity index (χ1) is 8.00. The smallest absolute Gasteiger partial charge is 0.333 e. The van der Waals surface area contributed by atoms with Gasteiger partial charge in [-0.3, -0.25) is 4.79 Å². The van der Waals surface area contributed by atoms with Gasteiger partial charge in [0.05, 0.1) is 12.2 Å². The third-order valence-electron chi connectivity index (χ3n) is 1.89. The number of carbonyl (C=O) groups excluding carboxylic acids is 2. The average Bonchev–Trinajstić information content (AvgIpc) is 2.70. The molecular weight excluding hydrogens is 222 g/mol. The number of rotatable bonds is 5. The van der Waals surface area contributed by atoms with Crippen LogP contribution in [0.5, 0.6) is 0 Å². The summed E-state index contributed by atoms with van der Waals surface area (Å²) in [6.45, 7) is 7.13. The van der Waals surface area contributed by atoms with E-state index in [1.165, 1.54) is 0 Å². The second kappa shape index (κ2) is 5.83. The van der Waals surface area contributed by atoms with E-state index in [9.17, 15) is 9.59 Å². The van der Waals surface area contributed by atoms with Gasteiger partial charge in [-0.2, -0.15) is 0 Å². The normalized spacial score (nSPS) is 9.76. The molecule has 0 unspecified atom stereocenters. The van der Waals surface area contributed by atoms with E-state index < -0.39 is 5.97 Å². The molecule has 0 radical (unpaired) electrons. The van der Waals surface area contributed by atoms with Crippen LogP contribution in [0.1, 0.15) is 23.2 Å². The monoisotopic (exact) mass is 237 g/mol. The summed E-state index contributed by atoms with van der Waals surface area (Å²) in [4.78, 5) is 29.2. The van der Waals surface area contributed by atoms with E-state index in [1.807, 2.05) is 0 Å². The highest BCUT2D eigenvalue weighted by molar-refractivity contribution is 5.90. The number of nitrogens with one attached hydrogen (secondary N) is 2. The molecule has 0 aliphatic heterocycles. The molecule has 0 spiro atoms. The number of aromatic amines is 1. The fourth-order valence-electron chi connectivity index (χ4n) is 1.05. The van der Waals surface area contributed by atoms with E-state index in [4.69, 9.17) is 4.74 Å². The van der Waals surface area contributed by atoms with E-state index in [-0.39, 0.29) is 24.9 Å². The zero-order chi connectivity index (χ0) is 12.8. The van der Waals surface area contributed by atoms with Crippen molar-refractivity contribution in [3.63, 3.8) is 0 Å². The molecule has 1 aromatic heterocycles. The Morgan fingerprint density at radius 1 is 1.59 bits per heavy atom. The Balaban J connectivity index is 2.26. The number of imidazole rings is 1. The highest BCUT2D eigenvalue weighted by Crippen LogP contribution is 1.94. The van der Waals surface area contributed by atoms with Crippen LogP contribution >= 0.6 is 0 Å². The first kappa shape index (κ1) is 13.0. The summed E-state index contributed by atoms with van der Waals surface area (Å²) in [5.41, 5.74) is 1.07. The largest absolute Gasteiger partial charge is 0.460 e. The molecule has 0 saturated carbocycles. The van der Waals surface area contributed by atoms with Crippen LogP contribution in [0.2, 0.25) is 0 Å². The van der Waals surface area contributed by atoms with Gasteiger partial charge in [0.25, 0.3) is 5.91 Å². The Morgan fingerprint density at radius 2 is 2.29 bits per heavy atom. The Kier molecular flexibility index (Phi) is 4.45. The summed E-state index contributed by atoms with van der Waals surface area (Å²) >= 11 is 0. The van der Waals surface area contributed by atoms with Crippen molar-refractivity contribution in [1.82, 2.24) is 15.3 Å². The predicted molar refractivity (Wildman–Crippen MR) is 61.4 cm³/mol. The maximum absolute atomic E-state index is 11.5. The van der Waals surface area contributed by atoms with E-state index >= 15 is 0 Å². The number of aromatic nitrogens is 2. The minimum atomic E-state index is -0.465. The molecule has 2 N–H and O–H groups in total. The second-order valence-electron chi connectivity index (χ2n) is 3.56. The second-order valence-corrected chi connectivity index (χ2v) is 3.56. The van der Waals surface area contributed by atoms with Crippen molar-refractivity contribution in [1.29, 1.82) is 0 Å². The summed E-state index contributed by atoms with van der Waals surface area (Å²) in [7, 11) is 0. The molecule has 1 aromatic rings. The van der Waals surface area contributed by atoms with Gasteiger partial charge in [0.15, 0.2) is 5.82 Å². The molecule has 0 aliphatic rings. The molecule has 0 aliphatic carbocycles. The van der Waals surface area contributed by atoms with Crippen molar-refractivity contribution >= 4 is 11.9 Å². The van der Waals surface area contributed by atoms with Crippen LogP contribution < -0.4 is 5.32 Å². The molecular formula is C11H15N3O3. The zero-order valence-electron chi connectivity index (χ0n) is 9.87. The number of H-pyrrole nitrogens is 1. The molecule has 1 rings (SSSR count). The van der Waals surface area contributed by atoms with Crippen LogP contribution in [0.4, 0.5) is 0 Å². The minimum Gasteiger partial charge on any atom is -0.460 e. The Labute approximate surface area is 99.1 Å². The number of nitrogens with zero attached hydrogens (tertiary/aromatic N) is 1. The molecule has 0 atom stereocenters. The van der Waals surface area contributed by atoms with Gasteiger partial charge < -0.3 is 15.0 Å². The van der Waals surface area contributed by atoms with Crippen LogP contribution in [0.25, 0.3) is 0 Å². The van der Waals surface area contributed by atoms with Crippen molar-refractivity contribution in [2.24, 2.45) is 0 Å². The number of hydrogen-bond donors (Lipinski definition) is 2. The summed E-state index contributed by atoms with van der Waals surface area (Å²) in [5.74, 6) is -0.550. The molecule has 0 bridgehead atoms. The topological polar surface area (TPSA) is 84.1 Å². The van der Waals surface area contributed by atoms with Gasteiger partial charge in [0.1, 0.15) is 6.61 Å². The van der Waals surface area contributed by atoms with Gasteiger partial charge in [-0.1, -0.05) is 6.58 Å². The maximum atomic E-state index is 11.5. The number of carbonyl (C=O) groups is 2. The van der Waals surface area contributed by atoms with Gasteiger partial charge >= 0.3 is 5.97 Å². The van der Waals surface area contributed by atoms with Crippen LogP contribution in [0, 0.1) is 6.92 Å². The van der Waals surface area contributed by atoms with Gasteiger partial charge in [-0.15, -0.1) is 0 Å². The Hall–Kier alpha value is -2.11. The lowest BCUT2D eigenvalue weighted by molar-refractivity contribution is -0.138. The summed E-state index contributed by atoms with van der Waals surface area (Å²) in [6.07, 6.45) is 1.63. The fourth-order valence-corrected chi connectivity index (χ4v) is 1.05. The van der Waals surface area contributed by atoms with Crippen LogP contribution in [-0.2, 0) is 9.53 Å². The summed E-state index contributed by atoms with van der Waals surface area (Å²) < 4.78 is 4.81. The fraction of sp³-hybridized carbons (Fsp3) is 0.364. The molecule has 0 fully saturated rings. The van der Waals surface area contributed by atoms with Crippen molar-refractivity contribution in [3.8, 4) is 0 Å². The predicted octanol–water partition coefficient (Wildman–Crippen LogP) is 0.567. The van der Waals surface area contributed by atoms with Crippen LogP contribution in [0.15, 0.2) is 18.3 Å². The number of aryl methyl sites for hydroxylation is 1. The van der Waals surface area contributed by atoms with E-state index in [0.29, 0.717) is 5.57 Å². The molecule has 17 heavy (non-hydrogen) atoms. The van der Waals surface area contributed by atoms with Crippen molar-refractivity contribution in [2.75, 3.05) is 13.2 Å².